The number of benzene rings is 2. The molecular formula is C22H28N2O5S. The van der Waals surface area contributed by atoms with Crippen LogP contribution in [0.25, 0.3) is 0 Å². The van der Waals surface area contributed by atoms with E-state index in [9.17, 15) is 13.2 Å². The maximum atomic E-state index is 13.0. The second-order valence-electron chi connectivity index (χ2n) is 7.65. The molecule has 2 aromatic rings. The zero-order valence-electron chi connectivity index (χ0n) is 17.9. The van der Waals surface area contributed by atoms with Gasteiger partial charge in [-0.15, -0.1) is 0 Å². The van der Waals surface area contributed by atoms with Crippen LogP contribution in [0.2, 0.25) is 0 Å². The topological polar surface area (TPSA) is 84.9 Å². The Morgan fingerprint density at radius 3 is 2.37 bits per heavy atom. The van der Waals surface area contributed by atoms with Gasteiger partial charge in [0.1, 0.15) is 19.3 Å². The molecule has 8 heteroatoms. The van der Waals surface area contributed by atoms with E-state index in [1.807, 2.05) is 39.0 Å². The van der Waals surface area contributed by atoms with Gasteiger partial charge >= 0.3 is 0 Å². The summed E-state index contributed by atoms with van der Waals surface area (Å²) in [6, 6.07) is 9.71. The summed E-state index contributed by atoms with van der Waals surface area (Å²) in [6.07, 6.45) is 1.09. The Hall–Kier alpha value is -2.74. The van der Waals surface area contributed by atoms with E-state index in [0.29, 0.717) is 30.4 Å². The maximum absolute atomic E-state index is 13.0. The molecule has 0 saturated carbocycles. The summed E-state index contributed by atoms with van der Waals surface area (Å²) in [6.45, 7) is 8.27. The fourth-order valence-electron chi connectivity index (χ4n) is 3.62. The Morgan fingerprint density at radius 1 is 1.03 bits per heavy atom. The van der Waals surface area contributed by atoms with Crippen molar-refractivity contribution in [1.82, 2.24) is 5.32 Å². The average Bonchev–Trinajstić information content (AvgIpc) is 2.68. The van der Waals surface area contributed by atoms with Crippen molar-refractivity contribution in [2.24, 2.45) is 0 Å². The molecule has 0 saturated heterocycles. The van der Waals surface area contributed by atoms with Gasteiger partial charge in [0, 0.05) is 6.07 Å². The molecule has 0 fully saturated rings. The monoisotopic (exact) mass is 432 g/mol. The number of ether oxygens (including phenoxy) is 2. The zero-order valence-corrected chi connectivity index (χ0v) is 18.7. The van der Waals surface area contributed by atoms with Crippen LogP contribution in [0.3, 0.4) is 0 Å². The maximum Gasteiger partial charge on any atom is 0.244 e. The van der Waals surface area contributed by atoms with Crippen LogP contribution in [-0.2, 0) is 14.8 Å². The Bertz CT molecular complexity index is 1050. The van der Waals surface area contributed by atoms with Crippen LogP contribution in [0, 0.1) is 13.8 Å². The van der Waals surface area contributed by atoms with Gasteiger partial charge in [-0.3, -0.25) is 9.10 Å². The van der Waals surface area contributed by atoms with Crippen molar-refractivity contribution in [3.8, 4) is 11.5 Å². The largest absolute Gasteiger partial charge is 0.486 e. The minimum absolute atomic E-state index is 0.262. The van der Waals surface area contributed by atoms with Crippen molar-refractivity contribution in [3.63, 3.8) is 0 Å². The molecule has 3 rings (SSSR count). The van der Waals surface area contributed by atoms with E-state index in [0.717, 1.165) is 27.3 Å². The Labute approximate surface area is 178 Å². The lowest BCUT2D eigenvalue weighted by molar-refractivity contribution is -0.122. The second-order valence-corrected chi connectivity index (χ2v) is 9.51. The lowest BCUT2D eigenvalue weighted by atomic mass is 10.00. The van der Waals surface area contributed by atoms with E-state index in [1.165, 1.54) is 0 Å². The third kappa shape index (κ3) is 4.70. The predicted molar refractivity (Wildman–Crippen MR) is 117 cm³/mol. The molecule has 30 heavy (non-hydrogen) atoms. The standard InChI is InChI=1S/C22H28N2O5S/c1-14-6-7-15(2)19(12-14)16(3)23-22(25)17(4)24(30(5,26)27)18-8-9-20-21(13-18)29-11-10-28-20/h6-9,12-13,16-17H,10-11H2,1-5H3,(H,23,25). The molecule has 1 N–H and O–H groups in total. The molecule has 162 valence electrons. The van der Waals surface area contributed by atoms with Crippen LogP contribution in [0.4, 0.5) is 5.69 Å². The summed E-state index contributed by atoms with van der Waals surface area (Å²) >= 11 is 0. The normalized spacial score (nSPS) is 15.2. The molecular weight excluding hydrogens is 404 g/mol. The van der Waals surface area contributed by atoms with Crippen LogP contribution in [0.1, 0.15) is 36.6 Å². The molecule has 2 aromatic carbocycles. The molecule has 1 amide bonds. The van der Waals surface area contributed by atoms with Gasteiger partial charge in [-0.25, -0.2) is 8.42 Å². The van der Waals surface area contributed by atoms with Gasteiger partial charge in [0.25, 0.3) is 0 Å². The zero-order chi connectivity index (χ0) is 22.1. The quantitative estimate of drug-likeness (QED) is 0.758. The highest BCUT2D eigenvalue weighted by Crippen LogP contribution is 2.35. The first-order chi connectivity index (χ1) is 14.1. The van der Waals surface area contributed by atoms with E-state index in [-0.39, 0.29) is 11.9 Å². The summed E-state index contributed by atoms with van der Waals surface area (Å²) in [5.41, 5.74) is 3.51. The van der Waals surface area contributed by atoms with E-state index in [4.69, 9.17) is 9.47 Å². The third-order valence-corrected chi connectivity index (χ3v) is 6.37. The van der Waals surface area contributed by atoms with Gasteiger partial charge in [0.2, 0.25) is 15.9 Å². The number of hydrogen-bond acceptors (Lipinski definition) is 5. The molecule has 0 aromatic heterocycles. The highest BCUT2D eigenvalue weighted by molar-refractivity contribution is 7.92. The molecule has 2 atom stereocenters. The Morgan fingerprint density at radius 2 is 1.70 bits per heavy atom. The van der Waals surface area contributed by atoms with Gasteiger partial charge in [0.15, 0.2) is 11.5 Å². The summed E-state index contributed by atoms with van der Waals surface area (Å²) < 4.78 is 37.3. The number of carbonyl (C=O) groups excluding carboxylic acids is 1. The van der Waals surface area contributed by atoms with Gasteiger partial charge in [-0.05, 0) is 51.0 Å². The van der Waals surface area contributed by atoms with Crippen molar-refractivity contribution in [2.75, 3.05) is 23.8 Å². The van der Waals surface area contributed by atoms with Crippen LogP contribution < -0.4 is 19.1 Å². The van der Waals surface area contributed by atoms with Crippen LogP contribution >= 0.6 is 0 Å². The number of fused-ring (bicyclic) bond motifs is 1. The first-order valence-corrected chi connectivity index (χ1v) is 11.7. The summed E-state index contributed by atoms with van der Waals surface area (Å²) in [5, 5.41) is 2.95. The van der Waals surface area contributed by atoms with Gasteiger partial charge < -0.3 is 14.8 Å². The minimum Gasteiger partial charge on any atom is -0.486 e. The molecule has 7 nitrogen and oxygen atoms in total. The smallest absolute Gasteiger partial charge is 0.244 e. The first kappa shape index (κ1) is 22.0. The number of aryl methyl sites for hydroxylation is 2. The SMILES string of the molecule is Cc1ccc(C)c(C(C)NC(=O)C(C)N(c2ccc3c(c2)OCCO3)S(C)(=O)=O)c1. The Balaban J connectivity index is 1.86. The number of rotatable bonds is 6. The van der Waals surface area contributed by atoms with E-state index < -0.39 is 16.1 Å². The van der Waals surface area contributed by atoms with Crippen LogP contribution in [-0.4, -0.2) is 39.8 Å². The second kappa shape index (κ2) is 8.55. The summed E-state index contributed by atoms with van der Waals surface area (Å²) in [7, 11) is -3.73. The number of hydrogen-bond donors (Lipinski definition) is 1. The van der Waals surface area contributed by atoms with E-state index in [2.05, 4.69) is 5.32 Å². The average molecular weight is 433 g/mol. The van der Waals surface area contributed by atoms with Crippen molar-refractivity contribution in [2.45, 2.75) is 39.8 Å². The lowest BCUT2D eigenvalue weighted by Gasteiger charge is -2.30. The number of amides is 1. The molecule has 0 aliphatic carbocycles. The number of carbonyl (C=O) groups is 1. The highest BCUT2D eigenvalue weighted by atomic mass is 32.2. The number of sulfonamides is 1. The predicted octanol–water partition coefficient (Wildman–Crippen LogP) is 3.11. The first-order valence-electron chi connectivity index (χ1n) is 9.84. The number of anilines is 1. The number of nitrogens with one attached hydrogen (secondary N) is 1. The minimum atomic E-state index is -3.73. The molecule has 1 aliphatic heterocycles. The van der Waals surface area contributed by atoms with E-state index >= 15 is 0 Å². The number of nitrogens with zero attached hydrogens (tertiary/aromatic N) is 1. The lowest BCUT2D eigenvalue weighted by Crippen LogP contribution is -2.48. The molecule has 0 spiro atoms. The van der Waals surface area contributed by atoms with Crippen molar-refractivity contribution >= 4 is 21.6 Å². The molecule has 0 bridgehead atoms. The van der Waals surface area contributed by atoms with Crippen molar-refractivity contribution < 1.29 is 22.7 Å². The van der Waals surface area contributed by atoms with Crippen LogP contribution in [0.5, 0.6) is 11.5 Å². The van der Waals surface area contributed by atoms with E-state index in [1.54, 1.807) is 25.1 Å². The van der Waals surface area contributed by atoms with Gasteiger partial charge in [0.05, 0.1) is 18.0 Å². The highest BCUT2D eigenvalue weighted by Gasteiger charge is 2.31. The third-order valence-electron chi connectivity index (χ3n) is 5.13. The fraction of sp³-hybridized carbons (Fsp3) is 0.409. The summed E-state index contributed by atoms with van der Waals surface area (Å²) in [5.74, 6) is 0.631. The van der Waals surface area contributed by atoms with Crippen molar-refractivity contribution in [1.29, 1.82) is 0 Å². The molecule has 1 heterocycles. The Kier molecular flexibility index (Phi) is 6.26. The van der Waals surface area contributed by atoms with Gasteiger partial charge in [-0.1, -0.05) is 23.8 Å². The molecule has 0 radical (unpaired) electrons. The molecule has 1 aliphatic rings. The fourth-order valence-corrected chi connectivity index (χ4v) is 4.78. The van der Waals surface area contributed by atoms with Crippen molar-refractivity contribution in [3.05, 3.63) is 53.1 Å². The van der Waals surface area contributed by atoms with Crippen LogP contribution in [0.15, 0.2) is 36.4 Å². The van der Waals surface area contributed by atoms with Gasteiger partial charge in [-0.2, -0.15) is 0 Å². The molecule has 2 unspecified atom stereocenters. The summed E-state index contributed by atoms with van der Waals surface area (Å²) in [4.78, 5) is 13.0.